The zero-order valence-electron chi connectivity index (χ0n) is 17.9. The van der Waals surface area contributed by atoms with Gasteiger partial charge >= 0.3 is 0 Å². The van der Waals surface area contributed by atoms with Crippen LogP contribution in [0.4, 0.5) is 0 Å². The van der Waals surface area contributed by atoms with Crippen LogP contribution in [-0.2, 0) is 0 Å². The van der Waals surface area contributed by atoms with Crippen molar-refractivity contribution in [3.63, 3.8) is 0 Å². The van der Waals surface area contributed by atoms with E-state index in [2.05, 4.69) is 37.4 Å². The van der Waals surface area contributed by atoms with Crippen LogP contribution in [0.3, 0.4) is 0 Å². The first kappa shape index (κ1) is 21.4. The standard InChI is InChI=1S/C25H26N4O.BrH/c1-17-12-13-19(15-18(17)2)22-16-28-24(27-22)23(21-11-7-4-8-14-26-21)25(30)29(28)20-9-5-3-6-10-20;/h3,5-6,9-10,12-13,15-16,26H,4,7-8,11,14H2,1-2H3;1H/b23-21-;. The van der Waals surface area contributed by atoms with E-state index in [-0.39, 0.29) is 22.5 Å². The summed E-state index contributed by atoms with van der Waals surface area (Å²) in [5.74, 6) is 0. The van der Waals surface area contributed by atoms with Crippen LogP contribution in [0.2, 0.25) is 0 Å². The lowest BCUT2D eigenvalue weighted by Crippen LogP contribution is -2.33. The smallest absolute Gasteiger partial charge is 0.283 e. The van der Waals surface area contributed by atoms with E-state index < -0.39 is 0 Å². The predicted molar refractivity (Wildman–Crippen MR) is 131 cm³/mol. The maximum absolute atomic E-state index is 13.5. The number of aromatic nitrogens is 3. The normalized spacial score (nSPS) is 15.9. The van der Waals surface area contributed by atoms with E-state index in [0.717, 1.165) is 54.1 Å². The van der Waals surface area contributed by atoms with Crippen LogP contribution < -0.4 is 16.1 Å². The molecule has 0 bridgehead atoms. The second-order valence-corrected chi connectivity index (χ2v) is 8.14. The van der Waals surface area contributed by atoms with Gasteiger partial charge in [0.1, 0.15) is 5.22 Å². The lowest BCUT2D eigenvalue weighted by atomic mass is 10.1. The summed E-state index contributed by atoms with van der Waals surface area (Å²) in [7, 11) is 0. The average Bonchev–Trinajstić information content (AvgIpc) is 3.14. The largest absolute Gasteiger partial charge is 0.388 e. The zero-order valence-corrected chi connectivity index (χ0v) is 19.6. The van der Waals surface area contributed by atoms with Crippen LogP contribution in [0, 0.1) is 13.8 Å². The number of hydrogen-bond donors (Lipinski definition) is 1. The van der Waals surface area contributed by atoms with Gasteiger partial charge in [0.25, 0.3) is 5.56 Å². The molecule has 0 aliphatic carbocycles. The van der Waals surface area contributed by atoms with E-state index in [1.54, 1.807) is 4.68 Å². The van der Waals surface area contributed by atoms with Crippen LogP contribution in [0.15, 0.2) is 59.5 Å². The molecule has 0 spiro atoms. The predicted octanol–water partition coefficient (Wildman–Crippen LogP) is 4.34. The van der Waals surface area contributed by atoms with Gasteiger partial charge in [-0.25, -0.2) is 14.2 Å². The van der Waals surface area contributed by atoms with E-state index in [0.29, 0.717) is 5.22 Å². The van der Waals surface area contributed by atoms with Crippen molar-refractivity contribution in [3.05, 3.63) is 81.4 Å². The van der Waals surface area contributed by atoms with E-state index in [9.17, 15) is 4.79 Å². The average molecular weight is 479 g/mol. The Balaban J connectivity index is 0.00000231. The number of para-hydroxylation sites is 1. The van der Waals surface area contributed by atoms with Gasteiger partial charge in [0, 0.05) is 17.8 Å². The fraction of sp³-hybridized carbons (Fsp3) is 0.280. The van der Waals surface area contributed by atoms with E-state index in [1.165, 1.54) is 17.5 Å². The minimum absolute atomic E-state index is 0. The van der Waals surface area contributed by atoms with Crippen molar-refractivity contribution in [1.82, 2.24) is 19.5 Å². The molecule has 5 rings (SSSR count). The summed E-state index contributed by atoms with van der Waals surface area (Å²) < 4.78 is 3.65. The number of nitrogens with zero attached hydrogens (tertiary/aromatic N) is 3. The third-order valence-corrected chi connectivity index (χ3v) is 6.08. The van der Waals surface area contributed by atoms with E-state index >= 15 is 0 Å². The van der Waals surface area contributed by atoms with Crippen molar-refractivity contribution in [2.75, 3.05) is 6.54 Å². The van der Waals surface area contributed by atoms with Crippen molar-refractivity contribution in [2.45, 2.75) is 39.5 Å². The third-order valence-electron chi connectivity index (χ3n) is 6.08. The van der Waals surface area contributed by atoms with Gasteiger partial charge in [-0.05, 0) is 62.4 Å². The molecule has 1 N–H and O–H groups in total. The number of hydrogen-bond acceptors (Lipinski definition) is 3. The number of fused-ring (bicyclic) bond motifs is 1. The first-order chi connectivity index (χ1) is 14.6. The Morgan fingerprint density at radius 3 is 2.55 bits per heavy atom. The molecule has 2 aromatic carbocycles. The van der Waals surface area contributed by atoms with Crippen LogP contribution in [0.5, 0.6) is 0 Å². The summed E-state index contributed by atoms with van der Waals surface area (Å²) >= 11 is 0. The molecule has 1 aliphatic heterocycles. The minimum atomic E-state index is -0.0141. The summed E-state index contributed by atoms with van der Waals surface area (Å²) in [6.07, 6.45) is 6.28. The Morgan fingerprint density at radius 2 is 1.77 bits per heavy atom. The number of imidazole rings is 1. The molecule has 2 aromatic heterocycles. The summed E-state index contributed by atoms with van der Waals surface area (Å²) in [6, 6.07) is 16.2. The SMILES string of the molecule is Br.Cc1ccc(-c2cn3c(n2)/c(=C2\CCCCCN2)c(=O)n3-c2ccccc2)cc1C. The molecule has 1 fully saturated rings. The van der Waals surface area contributed by atoms with Gasteiger partial charge in [-0.2, -0.15) is 0 Å². The molecule has 0 unspecified atom stereocenters. The highest BCUT2D eigenvalue weighted by Gasteiger charge is 2.19. The summed E-state index contributed by atoms with van der Waals surface area (Å²) in [6.45, 7) is 5.13. The van der Waals surface area contributed by atoms with Crippen molar-refractivity contribution in [2.24, 2.45) is 0 Å². The number of benzene rings is 2. The minimum Gasteiger partial charge on any atom is -0.388 e. The maximum Gasteiger partial charge on any atom is 0.283 e. The molecule has 0 radical (unpaired) electrons. The molecule has 1 saturated heterocycles. The van der Waals surface area contributed by atoms with Gasteiger partial charge < -0.3 is 5.32 Å². The number of nitrogens with one attached hydrogen (secondary N) is 1. The van der Waals surface area contributed by atoms with Crippen LogP contribution in [0.1, 0.15) is 36.8 Å². The third kappa shape index (κ3) is 3.81. The summed E-state index contributed by atoms with van der Waals surface area (Å²) in [5, 5.41) is 4.22. The summed E-state index contributed by atoms with van der Waals surface area (Å²) in [5.41, 5.74) is 7.03. The van der Waals surface area contributed by atoms with Crippen LogP contribution in [-0.4, -0.2) is 20.7 Å². The zero-order chi connectivity index (χ0) is 20.7. The Labute approximate surface area is 192 Å². The van der Waals surface area contributed by atoms with Crippen molar-refractivity contribution >= 4 is 28.3 Å². The van der Waals surface area contributed by atoms with E-state index in [4.69, 9.17) is 4.98 Å². The van der Waals surface area contributed by atoms with Gasteiger partial charge in [-0.1, -0.05) is 36.8 Å². The fourth-order valence-electron chi connectivity index (χ4n) is 4.25. The van der Waals surface area contributed by atoms with Gasteiger partial charge in [-0.15, -0.1) is 17.0 Å². The molecule has 31 heavy (non-hydrogen) atoms. The number of halogens is 1. The number of rotatable bonds is 2. The van der Waals surface area contributed by atoms with Crippen LogP contribution in [0.25, 0.3) is 28.3 Å². The molecular weight excluding hydrogens is 452 g/mol. The molecule has 3 heterocycles. The lowest BCUT2D eigenvalue weighted by Gasteiger charge is -2.05. The molecule has 160 valence electrons. The first-order valence-corrected chi connectivity index (χ1v) is 10.7. The van der Waals surface area contributed by atoms with Crippen molar-refractivity contribution in [1.29, 1.82) is 0 Å². The Bertz CT molecular complexity index is 1330. The van der Waals surface area contributed by atoms with E-state index in [1.807, 2.05) is 41.0 Å². The fourth-order valence-corrected chi connectivity index (χ4v) is 4.25. The van der Waals surface area contributed by atoms with Gasteiger partial charge in [0.05, 0.1) is 17.6 Å². The van der Waals surface area contributed by atoms with Crippen molar-refractivity contribution in [3.8, 4) is 16.9 Å². The second-order valence-electron chi connectivity index (χ2n) is 8.14. The molecule has 1 aliphatic rings. The molecule has 4 aromatic rings. The Morgan fingerprint density at radius 1 is 0.968 bits per heavy atom. The van der Waals surface area contributed by atoms with Gasteiger partial charge in [0.2, 0.25) is 0 Å². The molecule has 0 amide bonds. The summed E-state index contributed by atoms with van der Waals surface area (Å²) in [4.78, 5) is 18.5. The quantitative estimate of drug-likeness (QED) is 0.466. The molecule has 6 heteroatoms. The maximum atomic E-state index is 13.5. The Hall–Kier alpha value is -2.86. The lowest BCUT2D eigenvalue weighted by molar-refractivity contribution is 0.721. The van der Waals surface area contributed by atoms with Crippen LogP contribution >= 0.6 is 17.0 Å². The second kappa shape index (κ2) is 8.71. The highest BCUT2D eigenvalue weighted by atomic mass is 79.9. The van der Waals surface area contributed by atoms with Gasteiger partial charge in [-0.3, -0.25) is 4.79 Å². The molecule has 5 nitrogen and oxygen atoms in total. The number of aryl methyl sites for hydroxylation is 2. The van der Waals surface area contributed by atoms with Gasteiger partial charge in [0.15, 0.2) is 5.65 Å². The Kier molecular flexibility index (Phi) is 6.01. The first-order valence-electron chi connectivity index (χ1n) is 10.7. The monoisotopic (exact) mass is 478 g/mol. The highest BCUT2D eigenvalue weighted by Crippen LogP contribution is 2.22. The van der Waals surface area contributed by atoms with Crippen molar-refractivity contribution < 1.29 is 0 Å². The molecular formula is C25H27BrN4O. The highest BCUT2D eigenvalue weighted by molar-refractivity contribution is 8.93. The topological polar surface area (TPSA) is 51.3 Å². The molecule has 0 saturated carbocycles. The molecule has 0 atom stereocenters.